The van der Waals surface area contributed by atoms with E-state index in [1.54, 1.807) is 6.07 Å². The average molecular weight is 291 g/mol. The lowest BCUT2D eigenvalue weighted by atomic mass is 10.3. The van der Waals surface area contributed by atoms with Gasteiger partial charge >= 0.3 is 0 Å². The molecule has 0 saturated heterocycles. The summed E-state index contributed by atoms with van der Waals surface area (Å²) >= 11 is 1.52. The Bertz CT molecular complexity index is 721. The van der Waals surface area contributed by atoms with Gasteiger partial charge < -0.3 is 5.32 Å². The molecule has 0 bridgehead atoms. The van der Waals surface area contributed by atoms with Crippen molar-refractivity contribution in [2.24, 2.45) is 0 Å². The number of hydrogen-bond acceptors (Lipinski definition) is 5. The zero-order chi connectivity index (χ0) is 14.1. The molecule has 2 N–H and O–H groups in total. The third-order valence-electron chi connectivity index (χ3n) is 3.05. The fraction of sp³-hybridized carbons (Fsp3) is 0.333. The molecule has 2 aromatic rings. The zero-order valence-electron chi connectivity index (χ0n) is 10.8. The van der Waals surface area contributed by atoms with E-state index >= 15 is 0 Å². The van der Waals surface area contributed by atoms with Crippen LogP contribution in [0, 0.1) is 0 Å². The second-order valence-electron chi connectivity index (χ2n) is 4.35. The van der Waals surface area contributed by atoms with Gasteiger partial charge in [0.2, 0.25) is 0 Å². The summed E-state index contributed by atoms with van der Waals surface area (Å²) in [5.74, 6) is 0.738. The van der Waals surface area contributed by atoms with Crippen LogP contribution in [-0.4, -0.2) is 31.4 Å². The molecule has 104 valence electrons. The summed E-state index contributed by atoms with van der Waals surface area (Å²) in [6.07, 6.45) is 2.12. The Morgan fingerprint density at radius 2 is 2.45 bits per heavy atom. The van der Waals surface area contributed by atoms with Crippen molar-refractivity contribution in [3.05, 3.63) is 33.9 Å². The number of nitrogens with zero attached hydrogens (tertiary/aromatic N) is 3. The van der Waals surface area contributed by atoms with Crippen LogP contribution >= 0.6 is 11.8 Å². The Morgan fingerprint density at radius 3 is 3.20 bits per heavy atom. The van der Waals surface area contributed by atoms with E-state index in [0.717, 1.165) is 17.9 Å². The number of H-pyrrole nitrogens is 1. The smallest absolute Gasteiger partial charge is 0.267 e. The van der Waals surface area contributed by atoms with Crippen LogP contribution in [0.2, 0.25) is 0 Å². The maximum Gasteiger partial charge on any atom is 0.267 e. The van der Waals surface area contributed by atoms with E-state index in [2.05, 4.69) is 20.5 Å². The first kappa shape index (κ1) is 12.9. The van der Waals surface area contributed by atoms with Gasteiger partial charge in [-0.25, -0.2) is 4.98 Å². The van der Waals surface area contributed by atoms with Gasteiger partial charge in [-0.3, -0.25) is 19.3 Å². The highest BCUT2D eigenvalue weighted by Crippen LogP contribution is 2.20. The Morgan fingerprint density at radius 1 is 1.60 bits per heavy atom. The summed E-state index contributed by atoms with van der Waals surface area (Å²) in [4.78, 5) is 28.4. The summed E-state index contributed by atoms with van der Waals surface area (Å²) in [5, 5.41) is 10.0. The number of carbonyl (C=O) groups is 1. The van der Waals surface area contributed by atoms with E-state index in [-0.39, 0.29) is 11.1 Å². The molecular weight excluding hydrogens is 278 g/mol. The van der Waals surface area contributed by atoms with Gasteiger partial charge in [-0.15, -0.1) is 0 Å². The normalized spacial score (nSPS) is 13.2. The highest BCUT2D eigenvalue weighted by atomic mass is 32.2. The first-order chi connectivity index (χ1) is 9.69. The van der Waals surface area contributed by atoms with Gasteiger partial charge in [0.15, 0.2) is 11.0 Å². The molecule has 3 rings (SSSR count). The minimum atomic E-state index is -0.483. The number of amides is 1. The van der Waals surface area contributed by atoms with Crippen LogP contribution in [0.25, 0.3) is 0 Å². The molecule has 3 heterocycles. The molecule has 1 aliphatic rings. The predicted octanol–water partition coefficient (Wildman–Crippen LogP) is 0.887. The van der Waals surface area contributed by atoms with Crippen LogP contribution in [0.1, 0.15) is 23.0 Å². The number of aromatic nitrogens is 4. The van der Waals surface area contributed by atoms with Crippen molar-refractivity contribution in [1.29, 1.82) is 0 Å². The van der Waals surface area contributed by atoms with Crippen LogP contribution in [-0.2, 0) is 13.0 Å². The summed E-state index contributed by atoms with van der Waals surface area (Å²) < 4.78 is 1.53. The predicted molar refractivity (Wildman–Crippen MR) is 75.1 cm³/mol. The molecule has 7 nitrogen and oxygen atoms in total. The number of nitrogens with one attached hydrogen (secondary N) is 2. The molecule has 1 amide bonds. The van der Waals surface area contributed by atoms with E-state index < -0.39 is 5.91 Å². The molecule has 0 unspecified atom stereocenters. The molecule has 0 saturated carbocycles. The first-order valence-corrected chi connectivity index (χ1v) is 7.26. The third-order valence-corrected chi connectivity index (χ3v) is 4.03. The summed E-state index contributed by atoms with van der Waals surface area (Å²) in [5.41, 5.74) is 0.654. The number of hydrogen-bond donors (Lipinski definition) is 2. The van der Waals surface area contributed by atoms with Crippen molar-refractivity contribution in [2.45, 2.75) is 25.0 Å². The molecule has 0 atom stereocenters. The average Bonchev–Trinajstić information content (AvgIpc) is 3.07. The molecular formula is C12H13N5O2S. The lowest BCUT2D eigenvalue weighted by Crippen LogP contribution is -2.29. The van der Waals surface area contributed by atoms with Crippen LogP contribution < -0.4 is 10.9 Å². The highest BCUT2D eigenvalue weighted by molar-refractivity contribution is 7.99. The minimum absolute atomic E-state index is 0.0392. The maximum absolute atomic E-state index is 12.2. The SMILES string of the molecule is CCc1cc(NC(=O)c2cnc3n(c2=O)CCS3)n[nH]1. The van der Waals surface area contributed by atoms with Crippen molar-refractivity contribution in [2.75, 3.05) is 11.1 Å². The number of fused-ring (bicyclic) bond motifs is 1. The van der Waals surface area contributed by atoms with E-state index in [4.69, 9.17) is 0 Å². The molecule has 0 spiro atoms. The van der Waals surface area contributed by atoms with Crippen molar-refractivity contribution >= 4 is 23.5 Å². The first-order valence-electron chi connectivity index (χ1n) is 6.27. The van der Waals surface area contributed by atoms with Gasteiger partial charge in [-0.1, -0.05) is 18.7 Å². The third kappa shape index (κ3) is 2.22. The number of aryl methyl sites for hydroxylation is 1. The number of carbonyl (C=O) groups excluding carboxylic acids is 1. The van der Waals surface area contributed by atoms with Gasteiger partial charge in [-0.05, 0) is 6.42 Å². The van der Waals surface area contributed by atoms with E-state index in [1.807, 2.05) is 6.92 Å². The lowest BCUT2D eigenvalue weighted by Gasteiger charge is -2.04. The monoisotopic (exact) mass is 291 g/mol. The molecule has 2 aromatic heterocycles. The molecule has 0 fully saturated rings. The van der Waals surface area contributed by atoms with Crippen LogP contribution in [0.5, 0.6) is 0 Å². The zero-order valence-corrected chi connectivity index (χ0v) is 11.7. The minimum Gasteiger partial charge on any atom is -0.305 e. The molecule has 0 aromatic carbocycles. The number of aromatic amines is 1. The number of thioether (sulfide) groups is 1. The quantitative estimate of drug-likeness (QED) is 0.819. The Kier molecular flexibility index (Phi) is 3.31. The van der Waals surface area contributed by atoms with E-state index in [1.165, 1.54) is 22.5 Å². The fourth-order valence-electron chi connectivity index (χ4n) is 1.96. The highest BCUT2D eigenvalue weighted by Gasteiger charge is 2.20. The molecule has 20 heavy (non-hydrogen) atoms. The second-order valence-corrected chi connectivity index (χ2v) is 5.41. The van der Waals surface area contributed by atoms with Crippen molar-refractivity contribution < 1.29 is 4.79 Å². The fourth-order valence-corrected chi connectivity index (χ4v) is 2.88. The maximum atomic E-state index is 12.2. The molecule has 8 heteroatoms. The van der Waals surface area contributed by atoms with Crippen LogP contribution in [0.4, 0.5) is 5.82 Å². The van der Waals surface area contributed by atoms with Gasteiger partial charge in [0.25, 0.3) is 11.5 Å². The largest absolute Gasteiger partial charge is 0.305 e. The summed E-state index contributed by atoms with van der Waals surface area (Å²) in [6.45, 7) is 2.57. The van der Waals surface area contributed by atoms with Gasteiger partial charge in [-0.2, -0.15) is 5.10 Å². The molecule has 1 aliphatic heterocycles. The van der Waals surface area contributed by atoms with Gasteiger partial charge in [0.1, 0.15) is 5.56 Å². The van der Waals surface area contributed by atoms with E-state index in [0.29, 0.717) is 17.5 Å². The van der Waals surface area contributed by atoms with E-state index in [9.17, 15) is 9.59 Å². The van der Waals surface area contributed by atoms with Crippen LogP contribution in [0.15, 0.2) is 22.2 Å². The summed E-state index contributed by atoms with van der Waals surface area (Å²) in [7, 11) is 0. The lowest BCUT2D eigenvalue weighted by molar-refractivity contribution is 0.102. The molecule has 0 aliphatic carbocycles. The van der Waals surface area contributed by atoms with Gasteiger partial charge in [0, 0.05) is 30.3 Å². The molecule has 0 radical (unpaired) electrons. The van der Waals surface area contributed by atoms with Gasteiger partial charge in [0.05, 0.1) is 0 Å². The number of rotatable bonds is 3. The Hall–Kier alpha value is -2.09. The van der Waals surface area contributed by atoms with Crippen molar-refractivity contribution in [3.63, 3.8) is 0 Å². The topological polar surface area (TPSA) is 92.7 Å². The standard InChI is InChI=1S/C12H13N5O2S/c1-2-7-5-9(16-15-7)14-10(18)8-6-13-12-17(11(8)19)3-4-20-12/h5-6H,2-4H2,1H3,(H2,14,15,16,18). The summed E-state index contributed by atoms with van der Waals surface area (Å²) in [6, 6.07) is 1.74. The Labute approximate surface area is 118 Å². The van der Waals surface area contributed by atoms with Crippen LogP contribution in [0.3, 0.4) is 0 Å². The second kappa shape index (κ2) is 5.12. The van der Waals surface area contributed by atoms with Crippen molar-refractivity contribution in [3.8, 4) is 0 Å². The Balaban J connectivity index is 1.86. The van der Waals surface area contributed by atoms with Crippen molar-refractivity contribution in [1.82, 2.24) is 19.7 Å². The number of anilines is 1.